The molecule has 0 aromatic heterocycles. The molecule has 0 aliphatic rings. The van der Waals surface area contributed by atoms with E-state index in [2.05, 4.69) is 10.6 Å². The van der Waals surface area contributed by atoms with Crippen molar-refractivity contribution in [2.45, 2.75) is 26.3 Å². The number of benzene rings is 1. The predicted octanol–water partition coefficient (Wildman–Crippen LogP) is 1.99. The standard InChI is InChI=1S/C17H18N4O3/c1-11(2)7-15(17(23)24)20-10-13(9-19)16(22)21-14-6-4-3-5-12(14)8-18/h3-6,10-11,15,20H,7H2,1-2H3,(H,21,22)(H,23,24)/b13-10-. The number of hydrogen-bond donors (Lipinski definition) is 3. The molecule has 0 radical (unpaired) electrons. The molecule has 0 bridgehead atoms. The van der Waals surface area contributed by atoms with Crippen molar-refractivity contribution in [1.82, 2.24) is 5.32 Å². The van der Waals surface area contributed by atoms with Gasteiger partial charge in [0.1, 0.15) is 23.8 Å². The molecule has 7 heteroatoms. The normalized spacial score (nSPS) is 12.0. The third-order valence-corrected chi connectivity index (χ3v) is 3.09. The van der Waals surface area contributed by atoms with Gasteiger partial charge in [0.15, 0.2) is 0 Å². The highest BCUT2D eigenvalue weighted by Crippen LogP contribution is 2.14. The zero-order chi connectivity index (χ0) is 18.1. The summed E-state index contributed by atoms with van der Waals surface area (Å²) in [5, 5.41) is 32.3. The van der Waals surface area contributed by atoms with Gasteiger partial charge in [-0.1, -0.05) is 26.0 Å². The molecule has 3 N–H and O–H groups in total. The van der Waals surface area contributed by atoms with Gasteiger partial charge in [0, 0.05) is 6.20 Å². The number of carbonyl (C=O) groups is 2. The lowest BCUT2D eigenvalue weighted by atomic mass is 10.0. The number of carboxylic acid groups (broad SMARTS) is 1. The number of hydrogen-bond acceptors (Lipinski definition) is 5. The summed E-state index contributed by atoms with van der Waals surface area (Å²) in [5.41, 5.74) is 0.264. The molecule has 0 heterocycles. The molecule has 1 aromatic rings. The third-order valence-electron chi connectivity index (χ3n) is 3.09. The Hall–Kier alpha value is -3.32. The molecule has 1 unspecified atom stereocenters. The minimum absolute atomic E-state index is 0.133. The SMILES string of the molecule is CC(C)CC(N/C=C(/C#N)C(=O)Nc1ccccc1C#N)C(=O)O. The van der Waals surface area contributed by atoms with Gasteiger partial charge in [0.2, 0.25) is 0 Å². The minimum Gasteiger partial charge on any atom is -0.480 e. The monoisotopic (exact) mass is 326 g/mol. The number of carboxylic acids is 1. The fraction of sp³-hybridized carbons (Fsp3) is 0.294. The van der Waals surface area contributed by atoms with Crippen LogP contribution in [-0.4, -0.2) is 23.0 Å². The number of nitrogens with one attached hydrogen (secondary N) is 2. The number of aliphatic carboxylic acids is 1. The fourth-order valence-electron chi connectivity index (χ4n) is 1.92. The molecule has 24 heavy (non-hydrogen) atoms. The summed E-state index contributed by atoms with van der Waals surface area (Å²) in [4.78, 5) is 23.3. The van der Waals surface area contributed by atoms with E-state index in [1.54, 1.807) is 18.2 Å². The summed E-state index contributed by atoms with van der Waals surface area (Å²) >= 11 is 0. The van der Waals surface area contributed by atoms with Crippen molar-refractivity contribution < 1.29 is 14.7 Å². The number of para-hydroxylation sites is 1. The van der Waals surface area contributed by atoms with Crippen LogP contribution in [0.25, 0.3) is 0 Å². The van der Waals surface area contributed by atoms with Crippen molar-refractivity contribution in [3.8, 4) is 12.1 Å². The summed E-state index contributed by atoms with van der Waals surface area (Å²) in [6.45, 7) is 3.75. The Morgan fingerprint density at radius 3 is 2.50 bits per heavy atom. The van der Waals surface area contributed by atoms with Gasteiger partial charge in [-0.2, -0.15) is 10.5 Å². The highest BCUT2D eigenvalue weighted by molar-refractivity contribution is 6.07. The van der Waals surface area contributed by atoms with Gasteiger partial charge in [-0.25, -0.2) is 4.79 Å². The molecule has 1 rings (SSSR count). The van der Waals surface area contributed by atoms with Crippen molar-refractivity contribution in [3.63, 3.8) is 0 Å². The molecule has 0 aliphatic heterocycles. The van der Waals surface area contributed by atoms with E-state index in [-0.39, 0.29) is 22.7 Å². The van der Waals surface area contributed by atoms with Crippen LogP contribution in [0.1, 0.15) is 25.8 Å². The lowest BCUT2D eigenvalue weighted by molar-refractivity contribution is -0.139. The van der Waals surface area contributed by atoms with Gasteiger partial charge in [-0.05, 0) is 24.5 Å². The van der Waals surface area contributed by atoms with Crippen LogP contribution in [0.15, 0.2) is 36.0 Å². The average Bonchev–Trinajstić information content (AvgIpc) is 2.54. The van der Waals surface area contributed by atoms with Crippen LogP contribution in [0.2, 0.25) is 0 Å². The van der Waals surface area contributed by atoms with Gasteiger partial charge in [0.05, 0.1) is 11.3 Å². The summed E-state index contributed by atoms with van der Waals surface area (Å²) in [7, 11) is 0. The molecule has 0 saturated heterocycles. The van der Waals surface area contributed by atoms with Crippen LogP contribution < -0.4 is 10.6 Å². The van der Waals surface area contributed by atoms with E-state index in [0.717, 1.165) is 6.20 Å². The maximum Gasteiger partial charge on any atom is 0.326 e. The van der Waals surface area contributed by atoms with Crippen LogP contribution in [0.3, 0.4) is 0 Å². The first-order valence-electron chi connectivity index (χ1n) is 7.28. The van der Waals surface area contributed by atoms with E-state index in [4.69, 9.17) is 15.6 Å². The number of rotatable bonds is 7. The van der Waals surface area contributed by atoms with Crippen molar-refractivity contribution in [1.29, 1.82) is 10.5 Å². The molecular formula is C17H18N4O3. The molecule has 0 saturated carbocycles. The van der Waals surface area contributed by atoms with Gasteiger partial charge >= 0.3 is 5.97 Å². The van der Waals surface area contributed by atoms with Gasteiger partial charge < -0.3 is 15.7 Å². The van der Waals surface area contributed by atoms with E-state index in [1.807, 2.05) is 19.9 Å². The maximum atomic E-state index is 12.1. The zero-order valence-corrected chi connectivity index (χ0v) is 13.4. The topological polar surface area (TPSA) is 126 Å². The Kier molecular flexibility index (Phi) is 6.99. The molecule has 1 aromatic carbocycles. The summed E-state index contributed by atoms with van der Waals surface area (Å²) in [5.74, 6) is -1.65. The number of nitriles is 2. The predicted molar refractivity (Wildman–Crippen MR) is 87.5 cm³/mol. The van der Waals surface area contributed by atoms with Crippen LogP contribution in [0.5, 0.6) is 0 Å². The van der Waals surface area contributed by atoms with Crippen molar-refractivity contribution >= 4 is 17.6 Å². The van der Waals surface area contributed by atoms with Crippen LogP contribution in [0, 0.1) is 28.6 Å². The maximum absolute atomic E-state index is 12.1. The molecule has 1 atom stereocenters. The van der Waals surface area contributed by atoms with Crippen molar-refractivity contribution in [2.24, 2.45) is 5.92 Å². The Morgan fingerprint density at radius 2 is 1.96 bits per heavy atom. The highest BCUT2D eigenvalue weighted by atomic mass is 16.4. The van der Waals surface area contributed by atoms with Crippen molar-refractivity contribution in [2.75, 3.05) is 5.32 Å². The summed E-state index contributed by atoms with van der Waals surface area (Å²) in [6.07, 6.45) is 1.44. The Labute approximate surface area is 140 Å². The molecular weight excluding hydrogens is 308 g/mol. The van der Waals surface area contributed by atoms with E-state index >= 15 is 0 Å². The smallest absolute Gasteiger partial charge is 0.326 e. The Bertz CT molecular complexity index is 726. The number of amides is 1. The molecule has 1 amide bonds. The second kappa shape index (κ2) is 8.96. The van der Waals surface area contributed by atoms with Crippen LogP contribution >= 0.6 is 0 Å². The largest absolute Gasteiger partial charge is 0.480 e. The molecule has 0 fully saturated rings. The number of nitrogens with zero attached hydrogens (tertiary/aromatic N) is 2. The van der Waals surface area contributed by atoms with E-state index in [0.29, 0.717) is 6.42 Å². The summed E-state index contributed by atoms with van der Waals surface area (Å²) < 4.78 is 0. The molecule has 0 spiro atoms. The van der Waals surface area contributed by atoms with Crippen LogP contribution in [-0.2, 0) is 9.59 Å². The fourth-order valence-corrected chi connectivity index (χ4v) is 1.92. The Morgan fingerprint density at radius 1 is 1.29 bits per heavy atom. The van der Waals surface area contributed by atoms with E-state index < -0.39 is 17.9 Å². The molecule has 7 nitrogen and oxygen atoms in total. The Balaban J connectivity index is 2.88. The highest BCUT2D eigenvalue weighted by Gasteiger charge is 2.18. The molecule has 0 aliphatic carbocycles. The quantitative estimate of drug-likeness (QED) is 0.519. The van der Waals surface area contributed by atoms with Gasteiger partial charge in [-0.3, -0.25) is 4.79 Å². The van der Waals surface area contributed by atoms with Crippen LogP contribution in [0.4, 0.5) is 5.69 Å². The first-order valence-corrected chi connectivity index (χ1v) is 7.28. The van der Waals surface area contributed by atoms with Gasteiger partial charge in [-0.15, -0.1) is 0 Å². The lowest BCUT2D eigenvalue weighted by Gasteiger charge is -2.15. The second-order valence-corrected chi connectivity index (χ2v) is 5.47. The minimum atomic E-state index is -1.06. The van der Waals surface area contributed by atoms with Gasteiger partial charge in [0.25, 0.3) is 5.91 Å². The molecule has 124 valence electrons. The lowest BCUT2D eigenvalue weighted by Crippen LogP contribution is -2.35. The third kappa shape index (κ3) is 5.47. The number of carbonyl (C=O) groups excluding carboxylic acids is 1. The van der Waals surface area contributed by atoms with E-state index in [9.17, 15) is 9.59 Å². The second-order valence-electron chi connectivity index (χ2n) is 5.47. The van der Waals surface area contributed by atoms with Crippen molar-refractivity contribution in [3.05, 3.63) is 41.6 Å². The average molecular weight is 326 g/mol. The first-order chi connectivity index (χ1) is 11.4. The zero-order valence-electron chi connectivity index (χ0n) is 13.4. The summed E-state index contributed by atoms with van der Waals surface area (Å²) in [6, 6.07) is 9.13. The first kappa shape index (κ1) is 18.7. The number of anilines is 1. The van der Waals surface area contributed by atoms with E-state index in [1.165, 1.54) is 12.1 Å².